The van der Waals surface area contributed by atoms with E-state index in [-0.39, 0.29) is 12.6 Å². The lowest BCUT2D eigenvalue weighted by molar-refractivity contribution is -0.187. The van der Waals surface area contributed by atoms with Crippen LogP contribution in [-0.2, 0) is 14.3 Å². The summed E-state index contributed by atoms with van der Waals surface area (Å²) in [6.45, 7) is 2.32. The van der Waals surface area contributed by atoms with Crippen LogP contribution in [0, 0.1) is 0 Å². The van der Waals surface area contributed by atoms with Gasteiger partial charge in [0.25, 0.3) is 0 Å². The van der Waals surface area contributed by atoms with Crippen LogP contribution in [0.5, 0.6) is 0 Å². The number of ether oxygens (including phenoxy) is 2. The third-order valence-electron chi connectivity index (χ3n) is 3.14. The highest BCUT2D eigenvalue weighted by Crippen LogP contribution is 2.27. The van der Waals surface area contributed by atoms with Gasteiger partial charge in [-0.25, -0.2) is 0 Å². The van der Waals surface area contributed by atoms with E-state index >= 15 is 0 Å². The molecule has 1 aliphatic rings. The number of halogens is 3. The average molecular weight is 298 g/mol. The quantitative estimate of drug-likeness (QED) is 0.687. The second-order valence-electron chi connectivity index (χ2n) is 5.02. The highest BCUT2D eigenvalue weighted by atomic mass is 19.4. The van der Waals surface area contributed by atoms with E-state index in [9.17, 15) is 18.0 Å². The summed E-state index contributed by atoms with van der Waals surface area (Å²) in [5.74, 6) is -1.23. The Balaban J connectivity index is 2.10. The van der Waals surface area contributed by atoms with E-state index < -0.39 is 17.6 Å². The molecule has 0 spiro atoms. The molecule has 0 radical (unpaired) electrons. The van der Waals surface area contributed by atoms with Crippen LogP contribution in [0.4, 0.5) is 13.2 Å². The molecule has 2 unspecified atom stereocenters. The zero-order valence-electron chi connectivity index (χ0n) is 11.5. The topological polar surface area (TPSA) is 73.6 Å². The van der Waals surface area contributed by atoms with E-state index in [1.54, 1.807) is 0 Å². The molecule has 1 saturated heterocycles. The fourth-order valence-corrected chi connectivity index (χ4v) is 1.68. The third-order valence-corrected chi connectivity index (χ3v) is 3.14. The van der Waals surface area contributed by atoms with Gasteiger partial charge in [-0.05, 0) is 26.2 Å². The van der Waals surface area contributed by atoms with Crippen LogP contribution in [0.25, 0.3) is 0 Å². The van der Waals surface area contributed by atoms with Crippen molar-refractivity contribution in [2.75, 3.05) is 26.4 Å². The van der Waals surface area contributed by atoms with Gasteiger partial charge in [0.1, 0.15) is 0 Å². The first-order valence-corrected chi connectivity index (χ1v) is 6.58. The molecular weight excluding hydrogens is 277 g/mol. The van der Waals surface area contributed by atoms with Crippen LogP contribution in [0.2, 0.25) is 0 Å². The summed E-state index contributed by atoms with van der Waals surface area (Å²) in [7, 11) is 0. The molecule has 0 aromatic rings. The summed E-state index contributed by atoms with van der Waals surface area (Å²) in [5, 5.41) is 2.16. The number of hydrogen-bond donors (Lipinski definition) is 2. The summed E-state index contributed by atoms with van der Waals surface area (Å²) >= 11 is 0. The SMILES string of the molecule is CC(N)(C(=O)NCCCOCC1CCCO1)C(F)(F)F. The summed E-state index contributed by atoms with van der Waals surface area (Å²) in [4.78, 5) is 11.3. The molecule has 5 nitrogen and oxygen atoms in total. The van der Waals surface area contributed by atoms with Crippen molar-refractivity contribution >= 4 is 5.91 Å². The summed E-state index contributed by atoms with van der Waals surface area (Å²) in [5.41, 5.74) is 2.11. The minimum atomic E-state index is -4.77. The highest BCUT2D eigenvalue weighted by Gasteiger charge is 2.53. The largest absolute Gasteiger partial charge is 0.415 e. The third kappa shape index (κ3) is 4.92. The molecule has 0 bridgehead atoms. The van der Waals surface area contributed by atoms with Gasteiger partial charge in [-0.2, -0.15) is 13.2 Å². The minimum Gasteiger partial charge on any atom is -0.379 e. The Kier molecular flexibility index (Phi) is 6.22. The van der Waals surface area contributed by atoms with Crippen molar-refractivity contribution in [2.45, 2.75) is 44.0 Å². The lowest BCUT2D eigenvalue weighted by Crippen LogP contribution is -2.61. The van der Waals surface area contributed by atoms with Crippen LogP contribution in [0.1, 0.15) is 26.2 Å². The maximum atomic E-state index is 12.5. The average Bonchev–Trinajstić information content (AvgIpc) is 2.84. The van der Waals surface area contributed by atoms with Crippen molar-refractivity contribution in [3.05, 3.63) is 0 Å². The number of alkyl halides is 3. The van der Waals surface area contributed by atoms with Crippen molar-refractivity contribution in [2.24, 2.45) is 5.73 Å². The Labute approximate surface area is 116 Å². The van der Waals surface area contributed by atoms with E-state index in [2.05, 4.69) is 5.32 Å². The summed E-state index contributed by atoms with van der Waals surface area (Å²) in [6.07, 6.45) is -2.24. The molecule has 2 atom stereocenters. The van der Waals surface area contributed by atoms with Crippen LogP contribution >= 0.6 is 0 Å². The van der Waals surface area contributed by atoms with Gasteiger partial charge in [0.05, 0.1) is 12.7 Å². The van der Waals surface area contributed by atoms with Gasteiger partial charge in [-0.15, -0.1) is 0 Å². The van der Waals surface area contributed by atoms with Gasteiger partial charge < -0.3 is 20.5 Å². The molecular formula is C12H21F3N2O3. The number of nitrogens with one attached hydrogen (secondary N) is 1. The van der Waals surface area contributed by atoms with Crippen LogP contribution in [0.15, 0.2) is 0 Å². The first kappa shape index (κ1) is 17.2. The van der Waals surface area contributed by atoms with Gasteiger partial charge >= 0.3 is 6.18 Å². The zero-order valence-corrected chi connectivity index (χ0v) is 11.5. The molecule has 20 heavy (non-hydrogen) atoms. The van der Waals surface area contributed by atoms with Crippen molar-refractivity contribution < 1.29 is 27.4 Å². The normalized spacial score (nSPS) is 22.6. The van der Waals surface area contributed by atoms with E-state index in [0.29, 0.717) is 26.6 Å². The first-order chi connectivity index (χ1) is 9.25. The van der Waals surface area contributed by atoms with Gasteiger partial charge in [-0.1, -0.05) is 0 Å². The van der Waals surface area contributed by atoms with E-state index in [4.69, 9.17) is 15.2 Å². The van der Waals surface area contributed by atoms with Gasteiger partial charge in [0.2, 0.25) is 5.91 Å². The van der Waals surface area contributed by atoms with Crippen LogP contribution < -0.4 is 11.1 Å². The minimum absolute atomic E-state index is 0.0905. The highest BCUT2D eigenvalue weighted by molar-refractivity contribution is 5.86. The fraction of sp³-hybridized carbons (Fsp3) is 0.917. The van der Waals surface area contributed by atoms with Crippen molar-refractivity contribution in [3.63, 3.8) is 0 Å². The molecule has 0 aromatic carbocycles. The van der Waals surface area contributed by atoms with E-state index in [0.717, 1.165) is 19.4 Å². The van der Waals surface area contributed by atoms with Gasteiger partial charge in [0, 0.05) is 19.8 Å². The number of hydrogen-bond acceptors (Lipinski definition) is 4. The molecule has 0 saturated carbocycles. The molecule has 1 rings (SSSR count). The Morgan fingerprint density at radius 3 is 2.75 bits per heavy atom. The second kappa shape index (κ2) is 7.24. The number of carbonyl (C=O) groups is 1. The molecule has 1 aliphatic heterocycles. The fourth-order valence-electron chi connectivity index (χ4n) is 1.68. The molecule has 1 heterocycles. The molecule has 8 heteroatoms. The molecule has 0 aromatic heterocycles. The summed E-state index contributed by atoms with van der Waals surface area (Å²) < 4.78 is 48.1. The first-order valence-electron chi connectivity index (χ1n) is 6.58. The summed E-state index contributed by atoms with van der Waals surface area (Å²) in [6, 6.07) is 0. The van der Waals surface area contributed by atoms with Crippen molar-refractivity contribution in [3.8, 4) is 0 Å². The Hall–Kier alpha value is -0.860. The van der Waals surface area contributed by atoms with Crippen LogP contribution in [0.3, 0.4) is 0 Å². The maximum Gasteiger partial charge on any atom is 0.415 e. The van der Waals surface area contributed by atoms with Crippen molar-refractivity contribution in [1.82, 2.24) is 5.32 Å². The lowest BCUT2D eigenvalue weighted by atomic mass is 10.0. The smallest absolute Gasteiger partial charge is 0.379 e. The molecule has 3 N–H and O–H groups in total. The Morgan fingerprint density at radius 1 is 1.50 bits per heavy atom. The predicted molar refractivity (Wildman–Crippen MR) is 66.1 cm³/mol. The van der Waals surface area contributed by atoms with Crippen molar-refractivity contribution in [1.29, 1.82) is 0 Å². The molecule has 0 aliphatic carbocycles. The number of nitrogens with two attached hydrogens (primary N) is 1. The number of rotatable bonds is 7. The Morgan fingerprint density at radius 2 is 2.20 bits per heavy atom. The number of amides is 1. The van der Waals surface area contributed by atoms with Gasteiger partial charge in [0.15, 0.2) is 5.54 Å². The van der Waals surface area contributed by atoms with E-state index in [1.165, 1.54) is 0 Å². The molecule has 1 fully saturated rings. The lowest BCUT2D eigenvalue weighted by Gasteiger charge is -2.26. The maximum absolute atomic E-state index is 12.5. The van der Waals surface area contributed by atoms with E-state index in [1.807, 2.05) is 0 Å². The Bertz CT molecular complexity index is 316. The monoisotopic (exact) mass is 298 g/mol. The second-order valence-corrected chi connectivity index (χ2v) is 5.02. The standard InChI is InChI=1S/C12H21F3N2O3/c1-11(16,12(13,14)15)10(18)17-5-3-6-19-8-9-4-2-7-20-9/h9H,2-8,16H2,1H3,(H,17,18). The van der Waals surface area contributed by atoms with Crippen LogP contribution in [-0.4, -0.2) is 50.1 Å². The zero-order chi connectivity index (χ0) is 15.2. The van der Waals surface area contributed by atoms with Gasteiger partial charge in [-0.3, -0.25) is 4.79 Å². The molecule has 1 amide bonds. The predicted octanol–water partition coefficient (Wildman–Crippen LogP) is 0.968. The number of carbonyl (C=O) groups excluding carboxylic acids is 1. The molecule has 118 valence electrons.